The fraction of sp³-hybridized carbons (Fsp3) is 0.0833. The van der Waals surface area contributed by atoms with Gasteiger partial charge in [-0.3, -0.25) is 0 Å². The topological polar surface area (TPSA) is 0 Å². The van der Waals surface area contributed by atoms with Crippen LogP contribution >= 0.6 is 43.5 Å². The molecule has 0 bridgehead atoms. The van der Waals surface area contributed by atoms with E-state index in [2.05, 4.69) is 98.6 Å². The Bertz CT molecular complexity index is 1040. The summed E-state index contributed by atoms with van der Waals surface area (Å²) in [6.07, 6.45) is 8.59. The van der Waals surface area contributed by atoms with Crippen molar-refractivity contribution >= 4 is 49.0 Å². The summed E-state index contributed by atoms with van der Waals surface area (Å²) in [5, 5.41) is 0.707. The van der Waals surface area contributed by atoms with Gasteiger partial charge in [-0.25, -0.2) is 0 Å². The average molecular weight is 501 g/mol. The second-order valence-corrected chi connectivity index (χ2v) is 8.42. The van der Waals surface area contributed by atoms with Crippen LogP contribution in [-0.4, -0.2) is 0 Å². The molecule has 3 aromatic rings. The number of benzene rings is 3. The quantitative estimate of drug-likeness (QED) is 0.315. The van der Waals surface area contributed by atoms with Gasteiger partial charge >= 0.3 is 0 Å². The van der Waals surface area contributed by atoms with E-state index in [-0.39, 0.29) is 0 Å². The molecule has 3 heteroatoms. The van der Waals surface area contributed by atoms with Gasteiger partial charge in [-0.05, 0) is 67.0 Å². The third-order valence-corrected chi connectivity index (χ3v) is 7.20. The molecule has 0 fully saturated rings. The summed E-state index contributed by atoms with van der Waals surface area (Å²) in [7, 11) is 0. The van der Waals surface area contributed by atoms with Gasteiger partial charge in [-0.1, -0.05) is 90.5 Å². The maximum Gasteiger partial charge on any atom is 0.0703 e. The molecule has 0 amide bonds. The van der Waals surface area contributed by atoms with E-state index in [1.165, 1.54) is 22.3 Å². The highest BCUT2D eigenvalue weighted by Crippen LogP contribution is 2.50. The smallest absolute Gasteiger partial charge is 0.0703 e. The summed E-state index contributed by atoms with van der Waals surface area (Å²) < 4.78 is 1.85. The molecule has 0 atom stereocenters. The molecular weight excluding hydrogens is 484 g/mol. The second-order valence-electron chi connectivity index (χ2n) is 6.46. The second kappa shape index (κ2) is 8.18. The molecule has 0 aliphatic heterocycles. The number of halogens is 3. The Labute approximate surface area is 181 Å². The van der Waals surface area contributed by atoms with Crippen molar-refractivity contribution in [3.05, 3.63) is 98.4 Å². The van der Waals surface area contributed by atoms with E-state index in [9.17, 15) is 0 Å². The lowest BCUT2D eigenvalue weighted by Crippen LogP contribution is -1.99. The van der Waals surface area contributed by atoms with E-state index in [1.54, 1.807) is 0 Å². The molecule has 1 aliphatic carbocycles. The van der Waals surface area contributed by atoms with Crippen molar-refractivity contribution in [1.29, 1.82) is 0 Å². The fourth-order valence-corrected chi connectivity index (χ4v) is 5.27. The maximum absolute atomic E-state index is 6.78. The molecular formula is C24H17Br2Cl. The molecule has 4 rings (SSSR count). The SMILES string of the molecule is Clc1c(Br)c(C2=CC=CCC2)c(-c2ccccc2)c(-c2ccccc2)c1Br. The number of allylic oxidation sites excluding steroid dienone is 4. The third kappa shape index (κ3) is 3.59. The Balaban J connectivity index is 2.14. The highest BCUT2D eigenvalue weighted by atomic mass is 79.9. The van der Waals surface area contributed by atoms with Gasteiger partial charge in [0, 0.05) is 20.1 Å². The summed E-state index contributed by atoms with van der Waals surface area (Å²) in [6, 6.07) is 21.0. The molecule has 27 heavy (non-hydrogen) atoms. The van der Waals surface area contributed by atoms with Crippen LogP contribution in [0.2, 0.25) is 5.02 Å². The minimum Gasteiger partial charge on any atom is -0.0842 e. The third-order valence-electron chi connectivity index (χ3n) is 4.78. The Morgan fingerprint density at radius 3 is 1.81 bits per heavy atom. The minimum absolute atomic E-state index is 0.707. The van der Waals surface area contributed by atoms with Crippen molar-refractivity contribution in [3.63, 3.8) is 0 Å². The van der Waals surface area contributed by atoms with E-state index in [0.29, 0.717) is 5.02 Å². The number of hydrogen-bond acceptors (Lipinski definition) is 0. The minimum atomic E-state index is 0.707. The number of rotatable bonds is 3. The average Bonchev–Trinajstić information content (AvgIpc) is 2.73. The van der Waals surface area contributed by atoms with Crippen molar-refractivity contribution in [2.24, 2.45) is 0 Å². The van der Waals surface area contributed by atoms with Gasteiger partial charge in [-0.15, -0.1) is 0 Å². The molecule has 134 valence electrons. The van der Waals surface area contributed by atoms with Crippen molar-refractivity contribution < 1.29 is 0 Å². The molecule has 0 saturated carbocycles. The zero-order valence-corrected chi connectivity index (χ0v) is 18.5. The van der Waals surface area contributed by atoms with Crippen LogP contribution in [0.1, 0.15) is 18.4 Å². The molecule has 0 spiro atoms. The first-order valence-corrected chi connectivity index (χ1v) is 10.8. The molecule has 3 aromatic carbocycles. The summed E-state index contributed by atoms with van der Waals surface area (Å²) in [5.41, 5.74) is 7.13. The van der Waals surface area contributed by atoms with Gasteiger partial charge < -0.3 is 0 Å². The Hall–Kier alpha value is -1.61. The summed E-state index contributed by atoms with van der Waals surface area (Å²) in [6.45, 7) is 0. The first-order chi connectivity index (χ1) is 13.2. The largest absolute Gasteiger partial charge is 0.0842 e. The van der Waals surface area contributed by atoms with Gasteiger partial charge in [0.2, 0.25) is 0 Å². The molecule has 0 nitrogen and oxygen atoms in total. The predicted octanol–water partition coefficient (Wildman–Crippen LogP) is 8.93. The zero-order chi connectivity index (χ0) is 18.8. The van der Waals surface area contributed by atoms with E-state index < -0.39 is 0 Å². The van der Waals surface area contributed by atoms with Crippen molar-refractivity contribution in [1.82, 2.24) is 0 Å². The van der Waals surface area contributed by atoms with Gasteiger partial charge in [0.25, 0.3) is 0 Å². The highest BCUT2D eigenvalue weighted by molar-refractivity contribution is 9.11. The highest BCUT2D eigenvalue weighted by Gasteiger charge is 2.24. The lowest BCUT2D eigenvalue weighted by atomic mass is 9.85. The Kier molecular flexibility index (Phi) is 5.68. The summed E-state index contributed by atoms with van der Waals surface area (Å²) in [4.78, 5) is 0. The zero-order valence-electron chi connectivity index (χ0n) is 14.6. The van der Waals surface area contributed by atoms with Crippen LogP contribution in [0, 0.1) is 0 Å². The van der Waals surface area contributed by atoms with Crippen molar-refractivity contribution in [2.45, 2.75) is 12.8 Å². The molecule has 0 aromatic heterocycles. The number of hydrogen-bond donors (Lipinski definition) is 0. The van der Waals surface area contributed by atoms with Crippen LogP contribution < -0.4 is 0 Å². The molecule has 0 unspecified atom stereocenters. The van der Waals surface area contributed by atoms with Crippen LogP contribution in [-0.2, 0) is 0 Å². The lowest BCUT2D eigenvalue weighted by Gasteiger charge is -2.23. The van der Waals surface area contributed by atoms with E-state index in [4.69, 9.17) is 11.6 Å². The van der Waals surface area contributed by atoms with E-state index in [0.717, 1.165) is 32.9 Å². The summed E-state index contributed by atoms with van der Waals surface area (Å²) in [5.74, 6) is 0. The molecule has 0 N–H and O–H groups in total. The lowest BCUT2D eigenvalue weighted by molar-refractivity contribution is 1.05. The molecule has 0 radical (unpaired) electrons. The van der Waals surface area contributed by atoms with Gasteiger partial charge in [0.05, 0.1) is 5.02 Å². The summed E-state index contributed by atoms with van der Waals surface area (Å²) >= 11 is 14.4. The van der Waals surface area contributed by atoms with Crippen LogP contribution in [0.15, 0.2) is 87.8 Å². The van der Waals surface area contributed by atoms with Crippen molar-refractivity contribution in [2.75, 3.05) is 0 Å². The first kappa shape index (κ1) is 18.7. The van der Waals surface area contributed by atoms with Crippen molar-refractivity contribution in [3.8, 4) is 22.3 Å². The molecule has 0 heterocycles. The van der Waals surface area contributed by atoms with Crippen LogP contribution in [0.25, 0.3) is 27.8 Å². The fourth-order valence-electron chi connectivity index (χ4n) is 3.54. The maximum atomic E-state index is 6.78. The van der Waals surface area contributed by atoms with Gasteiger partial charge in [-0.2, -0.15) is 0 Å². The van der Waals surface area contributed by atoms with Crippen LogP contribution in [0.5, 0.6) is 0 Å². The standard InChI is InChI=1S/C24H17Br2Cl/c25-22-20(17-12-6-2-7-13-17)19(16-10-4-1-5-11-16)21(23(26)24(22)27)18-14-8-3-9-15-18/h1-8,10-14H,9,15H2. The van der Waals surface area contributed by atoms with Gasteiger partial charge in [0.1, 0.15) is 0 Å². The monoisotopic (exact) mass is 498 g/mol. The predicted molar refractivity (Wildman–Crippen MR) is 124 cm³/mol. The van der Waals surface area contributed by atoms with Crippen LogP contribution in [0.4, 0.5) is 0 Å². The van der Waals surface area contributed by atoms with E-state index in [1.807, 2.05) is 12.1 Å². The Morgan fingerprint density at radius 2 is 1.26 bits per heavy atom. The van der Waals surface area contributed by atoms with Crippen LogP contribution in [0.3, 0.4) is 0 Å². The Morgan fingerprint density at radius 1 is 0.704 bits per heavy atom. The molecule has 0 saturated heterocycles. The normalized spacial score (nSPS) is 13.5. The van der Waals surface area contributed by atoms with E-state index >= 15 is 0 Å². The molecule has 1 aliphatic rings. The first-order valence-electron chi connectivity index (χ1n) is 8.86. The van der Waals surface area contributed by atoms with Gasteiger partial charge in [0.15, 0.2) is 0 Å².